The molecule has 0 atom stereocenters. The summed E-state index contributed by atoms with van der Waals surface area (Å²) in [6.45, 7) is 4.83. The standard InChI is InChI=1S/C12H19NO4/c1-2-9-17-12(16)13-7-3-5-10(11(14)15)6-4-8-13/h2,10H,1,3-9H2,(H,14,15). The number of hydrogen-bond donors (Lipinski definition) is 1. The first-order valence-electron chi connectivity index (χ1n) is 5.90. The molecule has 1 amide bonds. The highest BCUT2D eigenvalue weighted by molar-refractivity contribution is 5.70. The molecule has 0 saturated carbocycles. The minimum Gasteiger partial charge on any atom is -0.481 e. The van der Waals surface area contributed by atoms with E-state index in [-0.39, 0.29) is 18.6 Å². The van der Waals surface area contributed by atoms with E-state index in [2.05, 4.69) is 6.58 Å². The number of aliphatic carboxylic acids is 1. The number of ether oxygens (including phenoxy) is 1. The molecule has 1 heterocycles. The molecule has 0 bridgehead atoms. The fourth-order valence-corrected chi connectivity index (χ4v) is 1.96. The van der Waals surface area contributed by atoms with E-state index >= 15 is 0 Å². The second kappa shape index (κ2) is 6.93. The molecule has 1 aliphatic heterocycles. The maximum Gasteiger partial charge on any atom is 0.410 e. The van der Waals surface area contributed by atoms with Gasteiger partial charge in [-0.15, -0.1) is 0 Å². The second-order valence-electron chi connectivity index (χ2n) is 4.17. The van der Waals surface area contributed by atoms with Crippen molar-refractivity contribution in [1.29, 1.82) is 0 Å². The van der Waals surface area contributed by atoms with Gasteiger partial charge < -0.3 is 14.7 Å². The lowest BCUT2D eigenvalue weighted by Gasteiger charge is -2.25. The van der Waals surface area contributed by atoms with Crippen LogP contribution in [-0.4, -0.2) is 41.8 Å². The highest BCUT2D eigenvalue weighted by Crippen LogP contribution is 2.18. The molecule has 1 fully saturated rings. The van der Waals surface area contributed by atoms with Crippen molar-refractivity contribution in [3.05, 3.63) is 12.7 Å². The molecular formula is C12H19NO4. The van der Waals surface area contributed by atoms with Gasteiger partial charge in [-0.3, -0.25) is 4.79 Å². The van der Waals surface area contributed by atoms with Crippen LogP contribution in [0.3, 0.4) is 0 Å². The Balaban J connectivity index is 2.39. The predicted molar refractivity (Wildman–Crippen MR) is 62.7 cm³/mol. The van der Waals surface area contributed by atoms with Crippen LogP contribution in [-0.2, 0) is 9.53 Å². The van der Waals surface area contributed by atoms with E-state index in [1.165, 1.54) is 6.08 Å². The number of likely N-dealkylation sites (tertiary alicyclic amines) is 1. The third kappa shape index (κ3) is 4.46. The molecular weight excluding hydrogens is 222 g/mol. The van der Waals surface area contributed by atoms with Gasteiger partial charge in [0.2, 0.25) is 0 Å². The van der Waals surface area contributed by atoms with Gasteiger partial charge in [0.15, 0.2) is 0 Å². The lowest BCUT2D eigenvalue weighted by atomic mass is 9.96. The summed E-state index contributed by atoms with van der Waals surface area (Å²) in [6, 6.07) is 0. The summed E-state index contributed by atoms with van der Waals surface area (Å²) in [5, 5.41) is 8.93. The van der Waals surface area contributed by atoms with E-state index in [0.717, 1.165) is 0 Å². The fraction of sp³-hybridized carbons (Fsp3) is 0.667. The summed E-state index contributed by atoms with van der Waals surface area (Å²) in [4.78, 5) is 24.1. The van der Waals surface area contributed by atoms with Crippen molar-refractivity contribution in [1.82, 2.24) is 4.90 Å². The number of amides is 1. The first-order valence-corrected chi connectivity index (χ1v) is 5.90. The van der Waals surface area contributed by atoms with E-state index in [1.807, 2.05) is 0 Å². The first-order chi connectivity index (χ1) is 8.15. The fourth-order valence-electron chi connectivity index (χ4n) is 1.96. The van der Waals surface area contributed by atoms with Gasteiger partial charge in [-0.25, -0.2) is 4.79 Å². The van der Waals surface area contributed by atoms with Crippen LogP contribution in [0.15, 0.2) is 12.7 Å². The molecule has 0 aromatic heterocycles. The molecule has 0 spiro atoms. The molecule has 1 aliphatic rings. The number of carbonyl (C=O) groups is 2. The normalized spacial score (nSPS) is 18.0. The Kier molecular flexibility index (Phi) is 5.52. The molecule has 96 valence electrons. The quantitative estimate of drug-likeness (QED) is 0.766. The van der Waals surface area contributed by atoms with Crippen LogP contribution in [0.1, 0.15) is 25.7 Å². The van der Waals surface area contributed by atoms with Crippen molar-refractivity contribution in [2.45, 2.75) is 25.7 Å². The van der Waals surface area contributed by atoms with Crippen LogP contribution in [0.5, 0.6) is 0 Å². The summed E-state index contributed by atoms with van der Waals surface area (Å²) < 4.78 is 4.95. The lowest BCUT2D eigenvalue weighted by molar-refractivity contribution is -0.142. The third-order valence-electron chi connectivity index (χ3n) is 2.89. The molecule has 1 N–H and O–H groups in total. The number of carboxylic acid groups (broad SMARTS) is 1. The van der Waals surface area contributed by atoms with Gasteiger partial charge in [-0.05, 0) is 25.7 Å². The molecule has 1 saturated heterocycles. The molecule has 1 rings (SSSR count). The Hall–Kier alpha value is -1.52. The van der Waals surface area contributed by atoms with Gasteiger partial charge in [-0.1, -0.05) is 12.7 Å². The number of carbonyl (C=O) groups excluding carboxylic acids is 1. The summed E-state index contributed by atoms with van der Waals surface area (Å²) in [5.41, 5.74) is 0. The Morgan fingerprint density at radius 3 is 2.41 bits per heavy atom. The summed E-state index contributed by atoms with van der Waals surface area (Å²) in [7, 11) is 0. The van der Waals surface area contributed by atoms with Crippen molar-refractivity contribution in [2.75, 3.05) is 19.7 Å². The smallest absolute Gasteiger partial charge is 0.410 e. The Morgan fingerprint density at radius 2 is 1.94 bits per heavy atom. The zero-order chi connectivity index (χ0) is 12.7. The number of rotatable bonds is 3. The number of carboxylic acids is 1. The van der Waals surface area contributed by atoms with Crippen LogP contribution in [0.4, 0.5) is 4.79 Å². The highest BCUT2D eigenvalue weighted by Gasteiger charge is 2.22. The van der Waals surface area contributed by atoms with Crippen molar-refractivity contribution < 1.29 is 19.4 Å². The van der Waals surface area contributed by atoms with Crippen LogP contribution in [0.2, 0.25) is 0 Å². The average Bonchev–Trinajstić information content (AvgIpc) is 2.25. The van der Waals surface area contributed by atoms with E-state index < -0.39 is 5.97 Å². The van der Waals surface area contributed by atoms with Crippen LogP contribution in [0.25, 0.3) is 0 Å². The summed E-state index contributed by atoms with van der Waals surface area (Å²) in [5.74, 6) is -0.992. The molecule has 0 aromatic rings. The van der Waals surface area contributed by atoms with E-state index in [9.17, 15) is 9.59 Å². The third-order valence-corrected chi connectivity index (χ3v) is 2.89. The average molecular weight is 241 g/mol. The predicted octanol–water partition coefficient (Wildman–Crippen LogP) is 1.89. The Morgan fingerprint density at radius 1 is 1.35 bits per heavy atom. The van der Waals surface area contributed by atoms with Crippen molar-refractivity contribution >= 4 is 12.1 Å². The van der Waals surface area contributed by atoms with E-state index in [0.29, 0.717) is 38.8 Å². The topological polar surface area (TPSA) is 66.8 Å². The largest absolute Gasteiger partial charge is 0.481 e. The van der Waals surface area contributed by atoms with E-state index in [4.69, 9.17) is 9.84 Å². The molecule has 0 aromatic carbocycles. The van der Waals surface area contributed by atoms with Crippen LogP contribution >= 0.6 is 0 Å². The second-order valence-corrected chi connectivity index (χ2v) is 4.17. The highest BCUT2D eigenvalue weighted by atomic mass is 16.6. The van der Waals surface area contributed by atoms with Crippen molar-refractivity contribution in [3.63, 3.8) is 0 Å². The molecule has 0 radical (unpaired) electrons. The molecule has 17 heavy (non-hydrogen) atoms. The minimum absolute atomic E-state index is 0.215. The van der Waals surface area contributed by atoms with Gasteiger partial charge in [0.05, 0.1) is 5.92 Å². The van der Waals surface area contributed by atoms with Crippen molar-refractivity contribution in [3.8, 4) is 0 Å². The van der Waals surface area contributed by atoms with E-state index in [1.54, 1.807) is 4.90 Å². The summed E-state index contributed by atoms with van der Waals surface area (Å²) in [6.07, 6.45) is 3.86. The van der Waals surface area contributed by atoms with Crippen LogP contribution < -0.4 is 0 Å². The van der Waals surface area contributed by atoms with Gasteiger partial charge in [0.25, 0.3) is 0 Å². The maximum absolute atomic E-state index is 11.6. The van der Waals surface area contributed by atoms with Gasteiger partial charge in [0, 0.05) is 13.1 Å². The van der Waals surface area contributed by atoms with Gasteiger partial charge in [0.1, 0.15) is 6.61 Å². The zero-order valence-electron chi connectivity index (χ0n) is 9.93. The number of hydrogen-bond acceptors (Lipinski definition) is 3. The Bertz CT molecular complexity index is 280. The van der Waals surface area contributed by atoms with Gasteiger partial charge >= 0.3 is 12.1 Å². The van der Waals surface area contributed by atoms with Gasteiger partial charge in [-0.2, -0.15) is 0 Å². The zero-order valence-corrected chi connectivity index (χ0v) is 9.93. The van der Waals surface area contributed by atoms with Crippen molar-refractivity contribution in [2.24, 2.45) is 5.92 Å². The SMILES string of the molecule is C=CCOC(=O)N1CCCC(C(=O)O)CCC1. The molecule has 5 heteroatoms. The maximum atomic E-state index is 11.6. The lowest BCUT2D eigenvalue weighted by Crippen LogP contribution is -2.35. The molecule has 0 unspecified atom stereocenters. The van der Waals surface area contributed by atoms with Crippen LogP contribution in [0, 0.1) is 5.92 Å². The Labute approximate surface area is 101 Å². The monoisotopic (exact) mass is 241 g/mol. The first kappa shape index (κ1) is 13.5. The summed E-state index contributed by atoms with van der Waals surface area (Å²) >= 11 is 0. The molecule has 0 aliphatic carbocycles. The number of nitrogens with zero attached hydrogens (tertiary/aromatic N) is 1. The molecule has 5 nitrogen and oxygen atoms in total. The minimum atomic E-state index is -0.729.